The topological polar surface area (TPSA) is 41.5 Å². The Morgan fingerprint density at radius 3 is 2.13 bits per heavy atom. The van der Waals surface area contributed by atoms with Crippen molar-refractivity contribution in [1.82, 2.24) is 5.32 Å². The highest BCUT2D eigenvalue weighted by molar-refractivity contribution is 4.64. The lowest BCUT2D eigenvalue weighted by Gasteiger charge is -2.18. The van der Waals surface area contributed by atoms with Crippen LogP contribution in [0.2, 0.25) is 0 Å². The van der Waals surface area contributed by atoms with Gasteiger partial charge in [-0.25, -0.2) is 0 Å². The molecule has 92 valence electrons. The molecule has 2 N–H and O–H groups in total. The first-order valence-electron chi connectivity index (χ1n) is 5.93. The molecule has 0 saturated heterocycles. The van der Waals surface area contributed by atoms with Crippen LogP contribution >= 0.6 is 0 Å². The molecule has 0 aliphatic carbocycles. The van der Waals surface area contributed by atoms with E-state index in [1.807, 2.05) is 13.8 Å². The molecular weight excluding hydrogens is 190 g/mol. The van der Waals surface area contributed by atoms with Crippen LogP contribution in [-0.4, -0.2) is 37.0 Å². The molecule has 0 rings (SSSR count). The van der Waals surface area contributed by atoms with E-state index >= 15 is 0 Å². The maximum absolute atomic E-state index is 9.56. The number of nitrogens with one attached hydrogen (secondary N) is 1. The molecule has 3 nitrogen and oxygen atoms in total. The fourth-order valence-electron chi connectivity index (χ4n) is 1.08. The Balaban J connectivity index is 3.42. The number of hydrogen-bond donors (Lipinski definition) is 2. The van der Waals surface area contributed by atoms with Crippen LogP contribution in [-0.2, 0) is 4.74 Å². The lowest BCUT2D eigenvalue weighted by Crippen LogP contribution is -2.34. The van der Waals surface area contributed by atoms with Crippen LogP contribution in [0.15, 0.2) is 0 Å². The number of rotatable bonds is 8. The largest absolute Gasteiger partial charge is 0.389 e. The van der Waals surface area contributed by atoms with E-state index in [2.05, 4.69) is 26.1 Å². The molecule has 0 radical (unpaired) electrons. The first-order chi connectivity index (χ1) is 6.93. The summed E-state index contributed by atoms with van der Waals surface area (Å²) in [6.07, 6.45) is -0.207. The minimum atomic E-state index is -0.397. The molecule has 0 bridgehead atoms. The maximum Gasteiger partial charge on any atom is 0.0897 e. The molecular formula is C12H27NO2. The lowest BCUT2D eigenvalue weighted by molar-refractivity contribution is 0.00607. The van der Waals surface area contributed by atoms with E-state index in [1.165, 1.54) is 0 Å². The van der Waals surface area contributed by atoms with E-state index in [0.717, 1.165) is 6.54 Å². The molecule has 2 unspecified atom stereocenters. The highest BCUT2D eigenvalue weighted by Crippen LogP contribution is 2.07. The van der Waals surface area contributed by atoms with E-state index in [-0.39, 0.29) is 6.10 Å². The van der Waals surface area contributed by atoms with Crippen LogP contribution in [0, 0.1) is 11.8 Å². The van der Waals surface area contributed by atoms with Gasteiger partial charge in [0.05, 0.1) is 18.8 Å². The van der Waals surface area contributed by atoms with Gasteiger partial charge in [-0.1, -0.05) is 20.8 Å². The standard InChI is InChI=1S/C12H27NO2/c1-9(2)11(5)6-13-7-12(14)8-15-10(3)4/h9-14H,6-8H2,1-5H3. The van der Waals surface area contributed by atoms with Crippen LogP contribution in [0.3, 0.4) is 0 Å². The Morgan fingerprint density at radius 1 is 1.07 bits per heavy atom. The fraction of sp³-hybridized carbons (Fsp3) is 1.00. The van der Waals surface area contributed by atoms with Gasteiger partial charge in [-0.15, -0.1) is 0 Å². The Labute approximate surface area is 94.2 Å². The SMILES string of the molecule is CC(C)OCC(O)CNCC(C)C(C)C. The molecule has 0 amide bonds. The first-order valence-corrected chi connectivity index (χ1v) is 5.93. The van der Waals surface area contributed by atoms with Crippen molar-refractivity contribution in [2.24, 2.45) is 11.8 Å². The smallest absolute Gasteiger partial charge is 0.0897 e. The number of aliphatic hydroxyl groups is 1. The summed E-state index contributed by atoms with van der Waals surface area (Å²) in [5, 5.41) is 12.8. The second-order valence-electron chi connectivity index (χ2n) is 4.92. The molecule has 3 heteroatoms. The van der Waals surface area contributed by atoms with Crippen LogP contribution in [0.1, 0.15) is 34.6 Å². The molecule has 0 heterocycles. The van der Waals surface area contributed by atoms with Crippen molar-refractivity contribution in [2.45, 2.75) is 46.8 Å². The van der Waals surface area contributed by atoms with Gasteiger partial charge in [0.25, 0.3) is 0 Å². The van der Waals surface area contributed by atoms with E-state index in [4.69, 9.17) is 4.74 Å². The maximum atomic E-state index is 9.56. The van der Waals surface area contributed by atoms with Crippen LogP contribution in [0.5, 0.6) is 0 Å². The molecule has 0 aliphatic heterocycles. The summed E-state index contributed by atoms with van der Waals surface area (Å²) in [5.41, 5.74) is 0. The van der Waals surface area contributed by atoms with Crippen molar-refractivity contribution in [1.29, 1.82) is 0 Å². The third kappa shape index (κ3) is 8.85. The minimum Gasteiger partial charge on any atom is -0.389 e. The van der Waals surface area contributed by atoms with Crippen LogP contribution in [0.25, 0.3) is 0 Å². The highest BCUT2D eigenvalue weighted by atomic mass is 16.5. The van der Waals surface area contributed by atoms with E-state index in [0.29, 0.717) is 25.0 Å². The zero-order valence-corrected chi connectivity index (χ0v) is 10.8. The van der Waals surface area contributed by atoms with Gasteiger partial charge in [0.1, 0.15) is 0 Å². The Morgan fingerprint density at radius 2 is 1.67 bits per heavy atom. The summed E-state index contributed by atoms with van der Waals surface area (Å²) in [7, 11) is 0. The monoisotopic (exact) mass is 217 g/mol. The lowest BCUT2D eigenvalue weighted by atomic mass is 9.98. The van der Waals surface area contributed by atoms with E-state index < -0.39 is 6.10 Å². The zero-order valence-electron chi connectivity index (χ0n) is 10.8. The average molecular weight is 217 g/mol. The van der Waals surface area contributed by atoms with Gasteiger partial charge in [0.15, 0.2) is 0 Å². The summed E-state index contributed by atoms with van der Waals surface area (Å²) in [6, 6.07) is 0. The predicted molar refractivity (Wildman–Crippen MR) is 64.0 cm³/mol. The summed E-state index contributed by atoms with van der Waals surface area (Å²) in [6.45, 7) is 12.6. The van der Waals surface area contributed by atoms with Gasteiger partial charge in [0.2, 0.25) is 0 Å². The minimum absolute atomic E-state index is 0.189. The Kier molecular flexibility index (Phi) is 8.02. The van der Waals surface area contributed by atoms with Crippen LogP contribution in [0.4, 0.5) is 0 Å². The van der Waals surface area contributed by atoms with Gasteiger partial charge in [-0.05, 0) is 32.2 Å². The van der Waals surface area contributed by atoms with E-state index in [1.54, 1.807) is 0 Å². The van der Waals surface area contributed by atoms with Crippen molar-refractivity contribution in [3.05, 3.63) is 0 Å². The summed E-state index contributed by atoms with van der Waals surface area (Å²) >= 11 is 0. The average Bonchev–Trinajstić information content (AvgIpc) is 2.14. The summed E-state index contributed by atoms with van der Waals surface area (Å²) in [5.74, 6) is 1.32. The van der Waals surface area contributed by atoms with Gasteiger partial charge in [0, 0.05) is 6.54 Å². The van der Waals surface area contributed by atoms with Crippen molar-refractivity contribution in [3.63, 3.8) is 0 Å². The van der Waals surface area contributed by atoms with Crippen molar-refractivity contribution in [2.75, 3.05) is 19.7 Å². The number of ether oxygens (including phenoxy) is 1. The van der Waals surface area contributed by atoms with Crippen molar-refractivity contribution in [3.8, 4) is 0 Å². The van der Waals surface area contributed by atoms with Gasteiger partial charge in [-0.3, -0.25) is 0 Å². The molecule has 0 aliphatic rings. The Bertz CT molecular complexity index is 149. The van der Waals surface area contributed by atoms with E-state index in [9.17, 15) is 5.11 Å². The number of hydrogen-bond acceptors (Lipinski definition) is 3. The highest BCUT2D eigenvalue weighted by Gasteiger charge is 2.09. The zero-order chi connectivity index (χ0) is 11.8. The third-order valence-electron chi connectivity index (χ3n) is 2.61. The van der Waals surface area contributed by atoms with Gasteiger partial charge >= 0.3 is 0 Å². The molecule has 0 saturated carbocycles. The normalized spacial score (nSPS) is 16.0. The molecule has 15 heavy (non-hydrogen) atoms. The Hall–Kier alpha value is -0.120. The molecule has 0 aromatic carbocycles. The molecule has 0 aromatic rings. The van der Waals surface area contributed by atoms with Crippen molar-refractivity contribution >= 4 is 0 Å². The van der Waals surface area contributed by atoms with Crippen LogP contribution < -0.4 is 5.32 Å². The molecule has 0 aromatic heterocycles. The third-order valence-corrected chi connectivity index (χ3v) is 2.61. The second kappa shape index (κ2) is 8.08. The predicted octanol–water partition coefficient (Wildman–Crippen LogP) is 1.65. The number of aliphatic hydroxyl groups excluding tert-OH is 1. The second-order valence-corrected chi connectivity index (χ2v) is 4.92. The fourth-order valence-corrected chi connectivity index (χ4v) is 1.08. The summed E-state index contributed by atoms with van der Waals surface area (Å²) in [4.78, 5) is 0. The molecule has 0 fully saturated rings. The van der Waals surface area contributed by atoms with Gasteiger partial charge < -0.3 is 15.2 Å². The summed E-state index contributed by atoms with van der Waals surface area (Å²) < 4.78 is 5.32. The van der Waals surface area contributed by atoms with Crippen molar-refractivity contribution < 1.29 is 9.84 Å². The van der Waals surface area contributed by atoms with Gasteiger partial charge in [-0.2, -0.15) is 0 Å². The molecule has 0 spiro atoms. The first kappa shape index (κ1) is 14.9. The quantitative estimate of drug-likeness (QED) is 0.649. The molecule has 2 atom stereocenters.